The van der Waals surface area contributed by atoms with Crippen LogP contribution in [0.4, 0.5) is 0 Å². The summed E-state index contributed by atoms with van der Waals surface area (Å²) in [6.07, 6.45) is 4.96. The zero-order valence-corrected chi connectivity index (χ0v) is 15.9. The molecule has 3 heteroatoms. The highest BCUT2D eigenvalue weighted by Crippen LogP contribution is 2.30. The molecule has 0 radical (unpaired) electrons. The third-order valence-corrected chi connectivity index (χ3v) is 5.17. The summed E-state index contributed by atoms with van der Waals surface area (Å²) in [5.41, 5.74) is 1.44. The first-order valence-corrected chi connectivity index (χ1v) is 9.17. The van der Waals surface area contributed by atoms with Crippen molar-refractivity contribution in [3.8, 4) is 0 Å². The molecular formula is C16H25BrIN. The Morgan fingerprint density at radius 2 is 1.89 bits per heavy atom. The Bertz CT molecular complexity index is 377. The fraction of sp³-hybridized carbons (Fsp3) is 0.625. The van der Waals surface area contributed by atoms with Crippen molar-refractivity contribution in [2.45, 2.75) is 52.5 Å². The van der Waals surface area contributed by atoms with Crippen LogP contribution in [0.25, 0.3) is 0 Å². The zero-order chi connectivity index (χ0) is 14.3. The predicted octanol–water partition coefficient (Wildman–Crippen LogP) is 5.92. The summed E-state index contributed by atoms with van der Waals surface area (Å²) < 4.78 is 2.54. The quantitative estimate of drug-likeness (QED) is 0.497. The minimum atomic E-state index is 0.481. The summed E-state index contributed by atoms with van der Waals surface area (Å²) in [5.74, 6) is 0.809. The number of hydrogen-bond acceptors (Lipinski definition) is 1. The second-order valence-corrected chi connectivity index (χ2v) is 7.17. The molecule has 1 aromatic rings. The summed E-state index contributed by atoms with van der Waals surface area (Å²) in [6.45, 7) is 7.92. The molecule has 1 aromatic carbocycles. The van der Waals surface area contributed by atoms with Gasteiger partial charge in [-0.2, -0.15) is 0 Å². The molecule has 1 N–H and O–H groups in total. The molecule has 19 heavy (non-hydrogen) atoms. The fourth-order valence-corrected chi connectivity index (χ4v) is 3.47. The van der Waals surface area contributed by atoms with E-state index >= 15 is 0 Å². The van der Waals surface area contributed by atoms with E-state index in [1.165, 1.54) is 39.3 Å². The lowest BCUT2D eigenvalue weighted by molar-refractivity contribution is 0.370. The molecule has 1 nitrogen and oxygen atoms in total. The summed E-state index contributed by atoms with van der Waals surface area (Å²) in [4.78, 5) is 0. The Balaban J connectivity index is 2.91. The molecule has 0 aliphatic rings. The van der Waals surface area contributed by atoms with Gasteiger partial charge in [-0.1, -0.05) is 49.5 Å². The molecule has 1 unspecified atom stereocenters. The lowest BCUT2D eigenvalue weighted by Gasteiger charge is -2.25. The minimum Gasteiger partial charge on any atom is -0.310 e. The Morgan fingerprint density at radius 1 is 1.21 bits per heavy atom. The summed E-state index contributed by atoms with van der Waals surface area (Å²) in [5, 5.41) is 3.73. The van der Waals surface area contributed by atoms with Gasteiger partial charge < -0.3 is 5.32 Å². The molecule has 0 amide bonds. The van der Waals surface area contributed by atoms with Gasteiger partial charge in [-0.3, -0.25) is 0 Å². The average Bonchev–Trinajstić information content (AvgIpc) is 2.42. The van der Waals surface area contributed by atoms with E-state index in [0.717, 1.165) is 12.5 Å². The molecule has 1 rings (SSSR count). The first-order chi connectivity index (χ1) is 9.12. The molecule has 0 saturated heterocycles. The number of hydrogen-bond donors (Lipinski definition) is 1. The van der Waals surface area contributed by atoms with Crippen molar-refractivity contribution in [1.82, 2.24) is 5.32 Å². The highest BCUT2D eigenvalue weighted by Gasteiger charge is 2.18. The zero-order valence-electron chi connectivity index (χ0n) is 12.2. The molecule has 0 spiro atoms. The smallest absolute Gasteiger partial charge is 0.0333 e. The fourth-order valence-electron chi connectivity index (χ4n) is 2.38. The first-order valence-electron chi connectivity index (χ1n) is 7.30. The first kappa shape index (κ1) is 17.4. The second-order valence-electron chi connectivity index (χ2n) is 5.09. The number of nitrogens with one attached hydrogen (secondary N) is 1. The van der Waals surface area contributed by atoms with E-state index in [1.54, 1.807) is 0 Å². The van der Waals surface area contributed by atoms with Crippen LogP contribution in [-0.4, -0.2) is 6.54 Å². The van der Waals surface area contributed by atoms with Crippen molar-refractivity contribution >= 4 is 38.5 Å². The van der Waals surface area contributed by atoms with Gasteiger partial charge in [0.2, 0.25) is 0 Å². The molecule has 0 saturated carbocycles. The van der Waals surface area contributed by atoms with Crippen molar-refractivity contribution in [2.75, 3.05) is 6.54 Å². The Kier molecular flexibility index (Phi) is 8.58. The number of halogens is 2. The van der Waals surface area contributed by atoms with Crippen molar-refractivity contribution in [1.29, 1.82) is 0 Å². The molecule has 0 aromatic heterocycles. The van der Waals surface area contributed by atoms with Crippen LogP contribution < -0.4 is 5.32 Å². The van der Waals surface area contributed by atoms with E-state index < -0.39 is 0 Å². The molecule has 1 atom stereocenters. The third kappa shape index (κ3) is 5.72. The van der Waals surface area contributed by atoms with Crippen molar-refractivity contribution in [3.63, 3.8) is 0 Å². The van der Waals surface area contributed by atoms with E-state index in [1.807, 2.05) is 0 Å². The normalized spacial score (nSPS) is 12.9. The highest BCUT2D eigenvalue weighted by atomic mass is 127. The van der Waals surface area contributed by atoms with E-state index in [-0.39, 0.29) is 0 Å². The van der Waals surface area contributed by atoms with Gasteiger partial charge in [-0.15, -0.1) is 0 Å². The largest absolute Gasteiger partial charge is 0.310 e. The van der Waals surface area contributed by atoms with Crippen LogP contribution in [0.5, 0.6) is 0 Å². The van der Waals surface area contributed by atoms with E-state index in [2.05, 4.69) is 82.8 Å². The van der Waals surface area contributed by atoms with Crippen LogP contribution in [0.1, 0.15) is 58.1 Å². The van der Waals surface area contributed by atoms with Crippen LogP contribution >= 0.6 is 38.5 Å². The molecule has 0 heterocycles. The van der Waals surface area contributed by atoms with E-state index in [4.69, 9.17) is 0 Å². The summed E-state index contributed by atoms with van der Waals surface area (Å²) in [7, 11) is 0. The average molecular weight is 438 g/mol. The predicted molar refractivity (Wildman–Crippen MR) is 96.6 cm³/mol. The highest BCUT2D eigenvalue weighted by molar-refractivity contribution is 14.1. The van der Waals surface area contributed by atoms with Gasteiger partial charge in [-0.25, -0.2) is 0 Å². The molecule has 0 aliphatic carbocycles. The van der Waals surface area contributed by atoms with Crippen LogP contribution in [0.15, 0.2) is 22.7 Å². The Labute approximate surface area is 140 Å². The van der Waals surface area contributed by atoms with E-state index in [9.17, 15) is 0 Å². The number of benzene rings is 1. The molecule has 108 valence electrons. The standard InChI is InChI=1S/C16H25BrIN/c1-4-9-19-16(10-12(5-2)6-3)14-11-13(17)7-8-15(14)18/h7-8,11-12,16,19H,4-6,9-10H2,1-3H3. The van der Waals surface area contributed by atoms with Gasteiger partial charge >= 0.3 is 0 Å². The Hall–Kier alpha value is 0.390. The van der Waals surface area contributed by atoms with Gasteiger partial charge in [-0.05, 0) is 71.7 Å². The van der Waals surface area contributed by atoms with Gasteiger partial charge in [0.05, 0.1) is 0 Å². The van der Waals surface area contributed by atoms with Crippen LogP contribution in [-0.2, 0) is 0 Å². The van der Waals surface area contributed by atoms with E-state index in [0.29, 0.717) is 6.04 Å². The minimum absolute atomic E-state index is 0.481. The molecule has 0 bridgehead atoms. The van der Waals surface area contributed by atoms with Gasteiger partial charge in [0.1, 0.15) is 0 Å². The maximum atomic E-state index is 3.73. The van der Waals surface area contributed by atoms with Gasteiger partial charge in [0.15, 0.2) is 0 Å². The molecular weight excluding hydrogens is 413 g/mol. The SMILES string of the molecule is CCCNC(CC(CC)CC)c1cc(Br)ccc1I. The molecule has 0 fully saturated rings. The lowest BCUT2D eigenvalue weighted by Crippen LogP contribution is -2.25. The number of rotatable bonds is 8. The second kappa shape index (κ2) is 9.35. The monoisotopic (exact) mass is 437 g/mol. The van der Waals surface area contributed by atoms with Gasteiger partial charge in [0.25, 0.3) is 0 Å². The summed E-state index contributed by atoms with van der Waals surface area (Å²) >= 11 is 6.06. The third-order valence-electron chi connectivity index (χ3n) is 3.70. The maximum Gasteiger partial charge on any atom is 0.0333 e. The van der Waals surface area contributed by atoms with Gasteiger partial charge in [0, 0.05) is 14.1 Å². The lowest BCUT2D eigenvalue weighted by atomic mass is 9.91. The van der Waals surface area contributed by atoms with Crippen molar-refractivity contribution in [3.05, 3.63) is 31.8 Å². The maximum absolute atomic E-state index is 3.73. The van der Waals surface area contributed by atoms with Crippen molar-refractivity contribution in [2.24, 2.45) is 5.92 Å². The Morgan fingerprint density at radius 3 is 2.47 bits per heavy atom. The summed E-state index contributed by atoms with van der Waals surface area (Å²) in [6, 6.07) is 7.08. The van der Waals surface area contributed by atoms with Crippen LogP contribution in [0, 0.1) is 9.49 Å². The van der Waals surface area contributed by atoms with Crippen molar-refractivity contribution < 1.29 is 0 Å². The topological polar surface area (TPSA) is 12.0 Å². The van der Waals surface area contributed by atoms with Crippen LogP contribution in [0.2, 0.25) is 0 Å². The molecule has 0 aliphatic heterocycles. The van der Waals surface area contributed by atoms with Crippen LogP contribution in [0.3, 0.4) is 0 Å².